The lowest BCUT2D eigenvalue weighted by Gasteiger charge is -2.24. The van der Waals surface area contributed by atoms with Crippen molar-refractivity contribution in [3.8, 4) is 0 Å². The third-order valence-electron chi connectivity index (χ3n) is 3.07. The van der Waals surface area contributed by atoms with Gasteiger partial charge in [0.1, 0.15) is 0 Å². The van der Waals surface area contributed by atoms with Gasteiger partial charge >= 0.3 is 0 Å². The van der Waals surface area contributed by atoms with Gasteiger partial charge in [0.2, 0.25) is 0 Å². The minimum Gasteiger partial charge on any atom is -0.346 e. The van der Waals surface area contributed by atoms with Crippen molar-refractivity contribution in [1.29, 1.82) is 0 Å². The fraction of sp³-hybridized carbons (Fsp3) is 0.667. The van der Waals surface area contributed by atoms with Crippen LogP contribution >= 0.6 is 0 Å². The normalized spacial score (nSPS) is 28.9. The molecule has 0 saturated carbocycles. The van der Waals surface area contributed by atoms with E-state index < -0.39 is 0 Å². The molecule has 2 aliphatic rings. The van der Waals surface area contributed by atoms with E-state index in [1.807, 2.05) is 0 Å². The van der Waals surface area contributed by atoms with Crippen molar-refractivity contribution in [2.45, 2.75) is 32.5 Å². The second kappa shape index (κ2) is 4.28. The summed E-state index contributed by atoms with van der Waals surface area (Å²) >= 11 is 0. The molecule has 1 aliphatic heterocycles. The SMILES string of the molecule is C=C(C)[C@@H]1CC=C(C2OCCO2)CC1. The molecule has 1 atom stereocenters. The van der Waals surface area contributed by atoms with Crippen LogP contribution in [0.1, 0.15) is 26.2 Å². The second-order valence-electron chi connectivity index (χ2n) is 4.17. The fourth-order valence-electron chi connectivity index (χ4n) is 2.09. The highest BCUT2D eigenvalue weighted by atomic mass is 16.7. The predicted octanol–water partition coefficient (Wildman–Crippen LogP) is 2.66. The molecule has 0 aromatic heterocycles. The molecule has 2 heteroatoms. The summed E-state index contributed by atoms with van der Waals surface area (Å²) in [6.45, 7) is 7.61. The number of rotatable bonds is 2. The number of allylic oxidation sites excluding steroid dienone is 2. The fourth-order valence-corrected chi connectivity index (χ4v) is 2.09. The zero-order valence-corrected chi connectivity index (χ0v) is 8.79. The molecule has 1 fully saturated rings. The molecule has 0 unspecified atom stereocenters. The summed E-state index contributed by atoms with van der Waals surface area (Å²) in [5.74, 6) is 0.667. The van der Waals surface area contributed by atoms with Gasteiger partial charge in [0.05, 0.1) is 13.2 Å². The zero-order chi connectivity index (χ0) is 9.97. The van der Waals surface area contributed by atoms with E-state index in [0.29, 0.717) is 5.92 Å². The maximum absolute atomic E-state index is 5.48. The van der Waals surface area contributed by atoms with Crippen molar-refractivity contribution in [2.75, 3.05) is 13.2 Å². The van der Waals surface area contributed by atoms with Crippen LogP contribution in [0.5, 0.6) is 0 Å². The molecule has 2 rings (SSSR count). The average molecular weight is 194 g/mol. The summed E-state index contributed by atoms with van der Waals surface area (Å²) in [6, 6.07) is 0. The summed E-state index contributed by atoms with van der Waals surface area (Å²) in [5.41, 5.74) is 2.63. The highest BCUT2D eigenvalue weighted by molar-refractivity contribution is 5.14. The van der Waals surface area contributed by atoms with Crippen molar-refractivity contribution in [3.63, 3.8) is 0 Å². The minimum absolute atomic E-state index is 0.0407. The Labute approximate surface area is 85.6 Å². The topological polar surface area (TPSA) is 18.5 Å². The van der Waals surface area contributed by atoms with Gasteiger partial charge < -0.3 is 9.47 Å². The van der Waals surface area contributed by atoms with Gasteiger partial charge in [-0.3, -0.25) is 0 Å². The van der Waals surface area contributed by atoms with Gasteiger partial charge in [-0.1, -0.05) is 18.2 Å². The first-order chi connectivity index (χ1) is 6.77. The summed E-state index contributed by atoms with van der Waals surface area (Å²) in [5, 5.41) is 0. The molecule has 0 aromatic carbocycles. The van der Waals surface area contributed by atoms with Crippen LogP contribution in [-0.2, 0) is 9.47 Å². The Balaban J connectivity index is 1.93. The first-order valence-electron chi connectivity index (χ1n) is 5.35. The highest BCUT2D eigenvalue weighted by Crippen LogP contribution is 2.31. The predicted molar refractivity (Wildman–Crippen MR) is 55.9 cm³/mol. The van der Waals surface area contributed by atoms with Crippen LogP contribution in [0.2, 0.25) is 0 Å². The molecule has 1 aliphatic carbocycles. The van der Waals surface area contributed by atoms with Crippen LogP contribution < -0.4 is 0 Å². The number of hydrogen-bond donors (Lipinski definition) is 0. The Kier molecular flexibility index (Phi) is 3.04. The zero-order valence-electron chi connectivity index (χ0n) is 8.79. The van der Waals surface area contributed by atoms with Crippen LogP contribution in [0.3, 0.4) is 0 Å². The summed E-state index contributed by atoms with van der Waals surface area (Å²) in [4.78, 5) is 0. The Hall–Kier alpha value is -0.600. The van der Waals surface area contributed by atoms with Crippen molar-refractivity contribution in [2.24, 2.45) is 5.92 Å². The van der Waals surface area contributed by atoms with E-state index in [-0.39, 0.29) is 6.29 Å². The Bertz CT molecular complexity index is 249. The van der Waals surface area contributed by atoms with Gasteiger partial charge in [-0.2, -0.15) is 0 Å². The maximum Gasteiger partial charge on any atom is 0.179 e. The van der Waals surface area contributed by atoms with Gasteiger partial charge in [-0.05, 0) is 37.7 Å². The first kappa shape index (κ1) is 9.94. The van der Waals surface area contributed by atoms with Gasteiger partial charge in [0.15, 0.2) is 6.29 Å². The Morgan fingerprint density at radius 1 is 1.43 bits per heavy atom. The van der Waals surface area contributed by atoms with Crippen molar-refractivity contribution >= 4 is 0 Å². The van der Waals surface area contributed by atoms with E-state index in [1.165, 1.54) is 17.6 Å². The molecule has 0 N–H and O–H groups in total. The van der Waals surface area contributed by atoms with E-state index in [2.05, 4.69) is 19.6 Å². The van der Waals surface area contributed by atoms with Gasteiger partial charge in [0.25, 0.3) is 0 Å². The molecule has 0 amide bonds. The maximum atomic E-state index is 5.48. The van der Waals surface area contributed by atoms with Gasteiger partial charge in [0, 0.05) is 0 Å². The molecule has 0 radical (unpaired) electrons. The standard InChI is InChI=1S/C12H18O2/c1-9(2)10-3-5-11(6-4-10)12-13-7-8-14-12/h5,10,12H,1,3-4,6-8H2,2H3/t10-/m1/s1. The van der Waals surface area contributed by atoms with Crippen molar-refractivity contribution in [1.82, 2.24) is 0 Å². The van der Waals surface area contributed by atoms with Crippen LogP contribution in [-0.4, -0.2) is 19.5 Å². The third-order valence-corrected chi connectivity index (χ3v) is 3.07. The smallest absolute Gasteiger partial charge is 0.179 e. The van der Waals surface area contributed by atoms with Crippen molar-refractivity contribution in [3.05, 3.63) is 23.8 Å². The van der Waals surface area contributed by atoms with Gasteiger partial charge in [-0.25, -0.2) is 0 Å². The molecule has 0 spiro atoms. The minimum atomic E-state index is -0.0407. The molecular formula is C12H18O2. The summed E-state index contributed by atoms with van der Waals surface area (Å²) in [6.07, 6.45) is 5.64. The number of hydrogen-bond acceptors (Lipinski definition) is 2. The lowest BCUT2D eigenvalue weighted by Crippen LogP contribution is -2.16. The average Bonchev–Trinajstić information content (AvgIpc) is 2.71. The molecule has 0 aromatic rings. The molecule has 2 nitrogen and oxygen atoms in total. The van der Waals surface area contributed by atoms with Gasteiger partial charge in [-0.15, -0.1) is 0 Å². The molecular weight excluding hydrogens is 176 g/mol. The Morgan fingerprint density at radius 2 is 2.14 bits per heavy atom. The molecule has 1 saturated heterocycles. The molecule has 14 heavy (non-hydrogen) atoms. The van der Waals surface area contributed by atoms with Crippen LogP contribution in [0.4, 0.5) is 0 Å². The first-order valence-corrected chi connectivity index (χ1v) is 5.35. The Morgan fingerprint density at radius 3 is 2.64 bits per heavy atom. The van der Waals surface area contributed by atoms with E-state index in [0.717, 1.165) is 26.1 Å². The van der Waals surface area contributed by atoms with E-state index in [9.17, 15) is 0 Å². The monoisotopic (exact) mass is 194 g/mol. The van der Waals surface area contributed by atoms with Crippen LogP contribution in [0, 0.1) is 5.92 Å². The highest BCUT2D eigenvalue weighted by Gasteiger charge is 2.24. The largest absolute Gasteiger partial charge is 0.346 e. The van der Waals surface area contributed by atoms with Crippen molar-refractivity contribution < 1.29 is 9.47 Å². The summed E-state index contributed by atoms with van der Waals surface area (Å²) in [7, 11) is 0. The number of ether oxygens (including phenoxy) is 2. The lowest BCUT2D eigenvalue weighted by atomic mass is 9.85. The van der Waals surface area contributed by atoms with Crippen LogP contribution in [0.15, 0.2) is 23.8 Å². The molecule has 78 valence electrons. The van der Waals surface area contributed by atoms with E-state index in [4.69, 9.17) is 9.47 Å². The summed E-state index contributed by atoms with van der Waals surface area (Å²) < 4.78 is 11.0. The van der Waals surface area contributed by atoms with Crippen LogP contribution in [0.25, 0.3) is 0 Å². The van der Waals surface area contributed by atoms with E-state index >= 15 is 0 Å². The van der Waals surface area contributed by atoms with E-state index in [1.54, 1.807) is 0 Å². The molecule has 0 bridgehead atoms. The lowest BCUT2D eigenvalue weighted by molar-refractivity contribution is -0.0149. The quantitative estimate of drug-likeness (QED) is 0.629. The second-order valence-corrected chi connectivity index (χ2v) is 4.17. The third kappa shape index (κ3) is 2.07. The molecule has 1 heterocycles.